The van der Waals surface area contributed by atoms with Crippen LogP contribution in [0.2, 0.25) is 0 Å². The Labute approximate surface area is 123 Å². The Morgan fingerprint density at radius 3 is 2.29 bits per heavy atom. The molecule has 1 aromatic rings. The third-order valence-corrected chi connectivity index (χ3v) is 2.97. The highest BCUT2D eigenvalue weighted by molar-refractivity contribution is 5.88. The van der Waals surface area contributed by atoms with Gasteiger partial charge in [0.1, 0.15) is 6.61 Å². The van der Waals surface area contributed by atoms with E-state index >= 15 is 0 Å². The summed E-state index contributed by atoms with van der Waals surface area (Å²) in [7, 11) is 0. The minimum Gasteiger partial charge on any atom is -0.479 e. The lowest BCUT2D eigenvalue weighted by Crippen LogP contribution is -2.54. The summed E-state index contributed by atoms with van der Waals surface area (Å²) in [5.41, 5.74) is -1.77. The van der Waals surface area contributed by atoms with E-state index in [0.29, 0.717) is 5.56 Å². The van der Waals surface area contributed by atoms with Gasteiger partial charge in [0.05, 0.1) is 0 Å². The SMILES string of the molecule is CC(C)CC(O)(C(=O)OCc1ccccc1)C(O)C(=O)O. The van der Waals surface area contributed by atoms with Crippen molar-refractivity contribution in [3.8, 4) is 0 Å². The Morgan fingerprint density at radius 1 is 1.24 bits per heavy atom. The molecule has 0 bridgehead atoms. The highest BCUT2D eigenvalue weighted by Gasteiger charge is 2.49. The maximum atomic E-state index is 12.0. The minimum atomic E-state index is -2.46. The van der Waals surface area contributed by atoms with Crippen molar-refractivity contribution in [2.24, 2.45) is 5.92 Å². The predicted octanol–water partition coefficient (Wildman–Crippen LogP) is 0.952. The molecule has 6 heteroatoms. The van der Waals surface area contributed by atoms with Gasteiger partial charge in [0.2, 0.25) is 0 Å². The van der Waals surface area contributed by atoms with E-state index in [0.717, 1.165) is 0 Å². The number of benzene rings is 1. The van der Waals surface area contributed by atoms with Crippen molar-refractivity contribution >= 4 is 11.9 Å². The first-order chi connectivity index (χ1) is 9.77. The van der Waals surface area contributed by atoms with Gasteiger partial charge in [0.25, 0.3) is 0 Å². The lowest BCUT2D eigenvalue weighted by atomic mass is 9.87. The summed E-state index contributed by atoms with van der Waals surface area (Å²) in [4.78, 5) is 22.9. The van der Waals surface area contributed by atoms with E-state index in [1.54, 1.807) is 44.2 Å². The molecule has 0 amide bonds. The van der Waals surface area contributed by atoms with Crippen LogP contribution in [0.4, 0.5) is 0 Å². The van der Waals surface area contributed by atoms with Gasteiger partial charge in [-0.1, -0.05) is 44.2 Å². The Hall–Kier alpha value is -1.92. The number of aliphatic hydroxyl groups is 2. The van der Waals surface area contributed by atoms with Gasteiger partial charge in [-0.3, -0.25) is 0 Å². The molecule has 1 aromatic carbocycles. The molecule has 2 unspecified atom stereocenters. The van der Waals surface area contributed by atoms with Crippen LogP contribution in [0.25, 0.3) is 0 Å². The number of rotatable bonds is 7. The summed E-state index contributed by atoms with van der Waals surface area (Å²) >= 11 is 0. The van der Waals surface area contributed by atoms with E-state index in [1.165, 1.54) is 0 Å². The van der Waals surface area contributed by atoms with Gasteiger partial charge < -0.3 is 20.1 Å². The molecule has 21 heavy (non-hydrogen) atoms. The monoisotopic (exact) mass is 296 g/mol. The Bertz CT molecular complexity index is 484. The lowest BCUT2D eigenvalue weighted by Gasteiger charge is -2.29. The molecule has 0 radical (unpaired) electrons. The summed E-state index contributed by atoms with van der Waals surface area (Å²) < 4.78 is 4.95. The summed E-state index contributed by atoms with van der Waals surface area (Å²) in [6.07, 6.45) is -2.45. The van der Waals surface area contributed by atoms with Crippen molar-refractivity contribution in [1.82, 2.24) is 0 Å². The largest absolute Gasteiger partial charge is 0.479 e. The van der Waals surface area contributed by atoms with E-state index in [2.05, 4.69) is 0 Å². The highest BCUT2D eigenvalue weighted by Crippen LogP contribution is 2.24. The summed E-state index contributed by atoms with van der Waals surface area (Å²) in [5.74, 6) is -3.02. The number of esters is 1. The number of hydrogen-bond acceptors (Lipinski definition) is 5. The fraction of sp³-hybridized carbons (Fsp3) is 0.467. The van der Waals surface area contributed by atoms with Gasteiger partial charge in [0.15, 0.2) is 11.7 Å². The quantitative estimate of drug-likeness (QED) is 0.647. The molecule has 0 heterocycles. The van der Waals surface area contributed by atoms with Gasteiger partial charge in [-0.25, -0.2) is 9.59 Å². The number of carboxylic acids is 1. The molecule has 0 aliphatic carbocycles. The van der Waals surface area contributed by atoms with Gasteiger partial charge >= 0.3 is 11.9 Å². The normalized spacial score (nSPS) is 15.3. The molecule has 6 nitrogen and oxygen atoms in total. The van der Waals surface area contributed by atoms with Crippen LogP contribution in [0, 0.1) is 5.92 Å². The summed E-state index contributed by atoms with van der Waals surface area (Å²) in [6.45, 7) is 3.29. The van der Waals surface area contributed by atoms with Crippen LogP contribution in [-0.4, -0.2) is 39.0 Å². The first-order valence-electron chi connectivity index (χ1n) is 6.61. The number of hydrogen-bond donors (Lipinski definition) is 3. The number of carboxylic acid groups (broad SMARTS) is 1. The molecule has 116 valence electrons. The number of carbonyl (C=O) groups excluding carboxylic acids is 1. The van der Waals surface area contributed by atoms with E-state index in [4.69, 9.17) is 9.84 Å². The first-order valence-corrected chi connectivity index (χ1v) is 6.61. The van der Waals surface area contributed by atoms with Crippen molar-refractivity contribution < 1.29 is 29.6 Å². The molecule has 0 fully saturated rings. The van der Waals surface area contributed by atoms with Crippen LogP contribution in [0.1, 0.15) is 25.8 Å². The first kappa shape index (κ1) is 17.1. The summed E-state index contributed by atoms with van der Waals surface area (Å²) in [6, 6.07) is 8.77. The molecule has 0 spiro atoms. The lowest BCUT2D eigenvalue weighted by molar-refractivity contribution is -0.191. The molecule has 0 saturated carbocycles. The zero-order valence-corrected chi connectivity index (χ0v) is 12.0. The van der Waals surface area contributed by atoms with Crippen LogP contribution in [0.3, 0.4) is 0 Å². The van der Waals surface area contributed by atoms with E-state index in [9.17, 15) is 19.8 Å². The van der Waals surface area contributed by atoms with Crippen LogP contribution < -0.4 is 0 Å². The average Bonchev–Trinajstić information content (AvgIpc) is 2.43. The van der Waals surface area contributed by atoms with Crippen molar-refractivity contribution in [2.45, 2.75) is 38.6 Å². The predicted molar refractivity (Wildman–Crippen MR) is 74.3 cm³/mol. The molecule has 0 aliphatic rings. The van der Waals surface area contributed by atoms with Gasteiger partial charge in [-0.2, -0.15) is 0 Å². The van der Waals surface area contributed by atoms with E-state index in [1.807, 2.05) is 0 Å². The number of carbonyl (C=O) groups is 2. The van der Waals surface area contributed by atoms with Crippen LogP contribution in [0.5, 0.6) is 0 Å². The van der Waals surface area contributed by atoms with Crippen molar-refractivity contribution in [1.29, 1.82) is 0 Å². The molecule has 0 saturated heterocycles. The summed E-state index contributed by atoms with van der Waals surface area (Å²) in [5, 5.41) is 28.7. The number of aliphatic hydroxyl groups excluding tert-OH is 1. The maximum absolute atomic E-state index is 12.0. The average molecular weight is 296 g/mol. The van der Waals surface area contributed by atoms with Crippen molar-refractivity contribution in [3.05, 3.63) is 35.9 Å². The molecule has 3 N–H and O–H groups in total. The van der Waals surface area contributed by atoms with Crippen LogP contribution in [0.15, 0.2) is 30.3 Å². The number of aliphatic carboxylic acids is 1. The topological polar surface area (TPSA) is 104 Å². The second kappa shape index (κ2) is 7.19. The Balaban J connectivity index is 2.83. The molecular formula is C15H20O6. The fourth-order valence-electron chi connectivity index (χ4n) is 1.98. The molecule has 1 rings (SSSR count). The van der Waals surface area contributed by atoms with E-state index in [-0.39, 0.29) is 18.9 Å². The Morgan fingerprint density at radius 2 is 1.81 bits per heavy atom. The van der Waals surface area contributed by atoms with Gasteiger partial charge in [-0.15, -0.1) is 0 Å². The van der Waals surface area contributed by atoms with Crippen LogP contribution in [-0.2, 0) is 20.9 Å². The zero-order valence-electron chi connectivity index (χ0n) is 12.0. The fourth-order valence-corrected chi connectivity index (χ4v) is 1.98. The zero-order chi connectivity index (χ0) is 16.0. The van der Waals surface area contributed by atoms with E-state index < -0.39 is 23.6 Å². The van der Waals surface area contributed by atoms with Gasteiger partial charge in [-0.05, 0) is 17.9 Å². The molecular weight excluding hydrogens is 276 g/mol. The standard InChI is InChI=1S/C15H20O6/c1-10(2)8-15(20,12(16)13(17)18)14(19)21-9-11-6-4-3-5-7-11/h3-7,10,12,16,20H,8-9H2,1-2H3,(H,17,18). The highest BCUT2D eigenvalue weighted by atomic mass is 16.6. The number of ether oxygens (including phenoxy) is 1. The molecule has 0 aromatic heterocycles. The van der Waals surface area contributed by atoms with Crippen molar-refractivity contribution in [2.75, 3.05) is 0 Å². The third kappa shape index (κ3) is 4.54. The molecule has 2 atom stereocenters. The van der Waals surface area contributed by atoms with Gasteiger partial charge in [0, 0.05) is 0 Å². The second-order valence-electron chi connectivity index (χ2n) is 5.32. The molecule has 0 aliphatic heterocycles. The maximum Gasteiger partial charge on any atom is 0.341 e. The minimum absolute atomic E-state index is 0.105. The second-order valence-corrected chi connectivity index (χ2v) is 5.32. The van der Waals surface area contributed by atoms with Crippen LogP contribution >= 0.6 is 0 Å². The Kier molecular flexibility index (Phi) is 5.87. The third-order valence-electron chi connectivity index (χ3n) is 2.97. The smallest absolute Gasteiger partial charge is 0.341 e. The van der Waals surface area contributed by atoms with Crippen molar-refractivity contribution in [3.63, 3.8) is 0 Å².